The van der Waals surface area contributed by atoms with E-state index in [4.69, 9.17) is 14.6 Å². The fourth-order valence-electron chi connectivity index (χ4n) is 4.15. The van der Waals surface area contributed by atoms with Gasteiger partial charge in [0.1, 0.15) is 0 Å². The van der Waals surface area contributed by atoms with E-state index in [0.29, 0.717) is 11.5 Å². The van der Waals surface area contributed by atoms with Gasteiger partial charge in [0.05, 0.1) is 13.2 Å². The first-order valence-electron chi connectivity index (χ1n) is 11.3. The minimum absolute atomic E-state index is 0.301. The van der Waals surface area contributed by atoms with Gasteiger partial charge in [-0.05, 0) is 48.6 Å². The number of aliphatic carboxylic acids is 1. The van der Waals surface area contributed by atoms with E-state index in [1.54, 1.807) is 0 Å². The molecule has 34 heavy (non-hydrogen) atoms. The zero-order valence-corrected chi connectivity index (χ0v) is 20.7. The van der Waals surface area contributed by atoms with Crippen LogP contribution in [0.3, 0.4) is 0 Å². The third-order valence-electron chi connectivity index (χ3n) is 6.33. The van der Waals surface area contributed by atoms with Crippen molar-refractivity contribution in [2.75, 3.05) is 39.4 Å². The molecule has 2 fully saturated rings. The first-order valence-corrected chi connectivity index (χ1v) is 12.1. The number of carboxylic acid groups (broad SMARTS) is 1. The number of nitrogens with one attached hydrogen (secondary N) is 1. The Morgan fingerprint density at radius 3 is 2.38 bits per heavy atom. The average molecular weight is 543 g/mol. The quantitative estimate of drug-likeness (QED) is 0.510. The summed E-state index contributed by atoms with van der Waals surface area (Å²) in [6.07, 6.45) is -2.54. The molecule has 0 amide bonds. The van der Waals surface area contributed by atoms with Crippen molar-refractivity contribution < 1.29 is 27.8 Å². The van der Waals surface area contributed by atoms with Crippen LogP contribution in [0, 0.1) is 6.92 Å². The van der Waals surface area contributed by atoms with E-state index in [1.807, 2.05) is 0 Å². The molecule has 2 aliphatic rings. The standard InChI is InChI=1S/C23H29BrN2O.C2HF3O2/c1-18-5-2-3-8-21(18)22(16-26-11-13-27-14-12-26)25-17-23(9-10-23)19-6-4-7-20(24)15-19;3-2(4,5)1(6)7/h2-8,15,22,25H,9-14,16-17H2,1H3;(H,6,7). The molecule has 2 aromatic rings. The van der Waals surface area contributed by atoms with Crippen LogP contribution in [0.25, 0.3) is 0 Å². The van der Waals surface area contributed by atoms with E-state index in [-0.39, 0.29) is 0 Å². The number of nitrogens with zero attached hydrogens (tertiary/aromatic N) is 1. The number of carboxylic acids is 1. The SMILES string of the molecule is Cc1ccccc1C(CN1CCOCC1)NCC1(c2cccc(Br)c2)CC1.O=C(O)C(F)(F)F. The van der Waals surface area contributed by atoms with Gasteiger partial charge < -0.3 is 15.2 Å². The van der Waals surface area contributed by atoms with Gasteiger partial charge in [0.25, 0.3) is 0 Å². The summed E-state index contributed by atoms with van der Waals surface area (Å²) in [6.45, 7) is 8.06. The lowest BCUT2D eigenvalue weighted by atomic mass is 9.94. The van der Waals surface area contributed by atoms with Crippen molar-refractivity contribution >= 4 is 21.9 Å². The van der Waals surface area contributed by atoms with Crippen LogP contribution in [0.2, 0.25) is 0 Å². The summed E-state index contributed by atoms with van der Waals surface area (Å²) in [5, 5.41) is 11.1. The van der Waals surface area contributed by atoms with Crippen molar-refractivity contribution in [3.63, 3.8) is 0 Å². The van der Waals surface area contributed by atoms with Crippen molar-refractivity contribution in [2.45, 2.75) is 37.4 Å². The zero-order valence-electron chi connectivity index (χ0n) is 19.1. The minimum Gasteiger partial charge on any atom is -0.475 e. The lowest BCUT2D eigenvalue weighted by molar-refractivity contribution is -0.192. The number of morpholine rings is 1. The van der Waals surface area contributed by atoms with Crippen molar-refractivity contribution in [1.82, 2.24) is 10.2 Å². The molecule has 5 nitrogen and oxygen atoms in total. The molecule has 1 aliphatic heterocycles. The molecule has 2 N–H and O–H groups in total. The maximum absolute atomic E-state index is 10.6. The number of aryl methyl sites for hydroxylation is 1. The Morgan fingerprint density at radius 1 is 1.18 bits per heavy atom. The Kier molecular flexibility index (Phi) is 9.14. The van der Waals surface area contributed by atoms with E-state index in [0.717, 1.165) is 39.4 Å². The highest BCUT2D eigenvalue weighted by Gasteiger charge is 2.44. The van der Waals surface area contributed by atoms with Gasteiger partial charge in [0.15, 0.2) is 0 Å². The lowest BCUT2D eigenvalue weighted by Crippen LogP contribution is -2.43. The van der Waals surface area contributed by atoms with Gasteiger partial charge in [-0.15, -0.1) is 0 Å². The van der Waals surface area contributed by atoms with Crippen molar-refractivity contribution in [3.8, 4) is 0 Å². The molecule has 1 saturated carbocycles. The number of halogens is 4. The monoisotopic (exact) mass is 542 g/mol. The number of alkyl halides is 3. The van der Waals surface area contributed by atoms with E-state index < -0.39 is 12.1 Å². The maximum atomic E-state index is 10.6. The van der Waals surface area contributed by atoms with E-state index >= 15 is 0 Å². The van der Waals surface area contributed by atoms with Gasteiger partial charge >= 0.3 is 12.1 Å². The number of hydrogen-bond donors (Lipinski definition) is 2. The van der Waals surface area contributed by atoms with Gasteiger partial charge in [0.2, 0.25) is 0 Å². The Labute approximate surface area is 206 Å². The van der Waals surface area contributed by atoms with E-state index in [9.17, 15) is 13.2 Å². The molecule has 0 bridgehead atoms. The smallest absolute Gasteiger partial charge is 0.475 e. The van der Waals surface area contributed by atoms with Gasteiger partial charge in [-0.2, -0.15) is 13.2 Å². The van der Waals surface area contributed by atoms with Crippen molar-refractivity contribution in [3.05, 3.63) is 69.7 Å². The molecule has 0 aromatic heterocycles. The van der Waals surface area contributed by atoms with Crippen LogP contribution >= 0.6 is 15.9 Å². The fourth-order valence-corrected chi connectivity index (χ4v) is 4.55. The number of benzene rings is 2. The molecule has 0 spiro atoms. The Bertz CT molecular complexity index is 960. The Balaban J connectivity index is 0.000000406. The molecule has 1 heterocycles. The minimum atomic E-state index is -5.08. The predicted octanol–water partition coefficient (Wildman–Crippen LogP) is 5.09. The molecular formula is C25H30BrF3N2O3. The normalized spacial score (nSPS) is 18.5. The summed E-state index contributed by atoms with van der Waals surface area (Å²) < 4.78 is 38.4. The number of ether oxygens (including phenoxy) is 1. The van der Waals surface area contributed by atoms with Gasteiger partial charge in [-0.1, -0.05) is 52.3 Å². The largest absolute Gasteiger partial charge is 0.490 e. The highest BCUT2D eigenvalue weighted by atomic mass is 79.9. The molecule has 4 rings (SSSR count). The molecule has 186 valence electrons. The number of carbonyl (C=O) groups is 1. The Morgan fingerprint density at radius 2 is 1.82 bits per heavy atom. The van der Waals surface area contributed by atoms with Crippen LogP contribution in [-0.4, -0.2) is 61.5 Å². The topological polar surface area (TPSA) is 61.8 Å². The second kappa shape index (κ2) is 11.7. The summed E-state index contributed by atoms with van der Waals surface area (Å²) in [5.41, 5.74) is 4.55. The van der Waals surface area contributed by atoms with E-state index in [1.165, 1.54) is 34.0 Å². The molecule has 2 aromatic carbocycles. The average Bonchev–Trinajstić information content (AvgIpc) is 3.59. The zero-order chi connectivity index (χ0) is 24.8. The maximum Gasteiger partial charge on any atom is 0.490 e. The molecule has 1 unspecified atom stereocenters. The lowest BCUT2D eigenvalue weighted by Gasteiger charge is -2.32. The van der Waals surface area contributed by atoms with Gasteiger partial charge in [0, 0.05) is 42.1 Å². The van der Waals surface area contributed by atoms with Crippen molar-refractivity contribution in [2.24, 2.45) is 0 Å². The third kappa shape index (κ3) is 7.53. The molecule has 9 heteroatoms. The van der Waals surface area contributed by atoms with Crippen LogP contribution in [0.5, 0.6) is 0 Å². The Hall–Kier alpha value is -1.94. The van der Waals surface area contributed by atoms with Crippen LogP contribution in [-0.2, 0) is 14.9 Å². The second-order valence-corrected chi connectivity index (χ2v) is 9.71. The summed E-state index contributed by atoms with van der Waals surface area (Å²) in [5.74, 6) is -2.76. The molecule has 1 saturated heterocycles. The second-order valence-electron chi connectivity index (χ2n) is 8.80. The first kappa shape index (κ1) is 26.7. The van der Waals surface area contributed by atoms with E-state index in [2.05, 4.69) is 81.6 Å². The van der Waals surface area contributed by atoms with Crippen molar-refractivity contribution in [1.29, 1.82) is 0 Å². The summed E-state index contributed by atoms with van der Waals surface area (Å²) in [4.78, 5) is 11.4. The summed E-state index contributed by atoms with van der Waals surface area (Å²) >= 11 is 3.64. The summed E-state index contributed by atoms with van der Waals surface area (Å²) in [7, 11) is 0. The number of rotatable bonds is 7. The van der Waals surface area contributed by atoms with Crippen LogP contribution in [0.15, 0.2) is 53.0 Å². The molecule has 1 atom stereocenters. The molecular weight excluding hydrogens is 513 g/mol. The van der Waals surface area contributed by atoms with Gasteiger partial charge in [-0.3, -0.25) is 4.90 Å². The molecule has 0 radical (unpaired) electrons. The number of hydrogen-bond acceptors (Lipinski definition) is 4. The molecule has 1 aliphatic carbocycles. The first-order chi connectivity index (χ1) is 16.1. The fraction of sp³-hybridized carbons (Fsp3) is 0.480. The highest BCUT2D eigenvalue weighted by molar-refractivity contribution is 9.10. The van der Waals surface area contributed by atoms with Crippen LogP contribution in [0.1, 0.15) is 35.6 Å². The predicted molar refractivity (Wildman–Crippen MR) is 128 cm³/mol. The van der Waals surface area contributed by atoms with Crippen LogP contribution < -0.4 is 5.32 Å². The van der Waals surface area contributed by atoms with Crippen LogP contribution in [0.4, 0.5) is 13.2 Å². The van der Waals surface area contributed by atoms with Gasteiger partial charge in [-0.25, -0.2) is 4.79 Å². The third-order valence-corrected chi connectivity index (χ3v) is 6.82. The highest BCUT2D eigenvalue weighted by Crippen LogP contribution is 2.48. The summed E-state index contributed by atoms with van der Waals surface area (Å²) in [6, 6.07) is 18.0.